The number of ether oxygens (including phenoxy) is 1. The number of rotatable bonds is 9. The summed E-state index contributed by atoms with van der Waals surface area (Å²) in [5, 5.41) is 4.91. The van der Waals surface area contributed by atoms with Crippen LogP contribution in [-0.4, -0.2) is 72.7 Å². The molecular formula is C26H27N5O6. The van der Waals surface area contributed by atoms with Gasteiger partial charge in [0.05, 0.1) is 13.7 Å². The Hall–Kier alpha value is -4.25. The molecule has 11 heteroatoms. The molecule has 2 aromatic heterocycles. The van der Waals surface area contributed by atoms with Gasteiger partial charge in [0.15, 0.2) is 16.9 Å². The standard InChI is InChI=1S/C26H27N5O6/c1-30(2)8-4-5-20(32)16-9-21-19(27-12-16)11-22(37-21)26(24(34)28-25(35)29-26)14-31-13-15-6-7-17(36-3)10-18(15)23(31)33/h6-7,9-12H,4-5,8,13-14H2,1-3H3,(H2,28,29,34,35)/t26-/m0/s1. The molecule has 4 amide bonds. The predicted molar refractivity (Wildman–Crippen MR) is 132 cm³/mol. The van der Waals surface area contributed by atoms with Crippen LogP contribution in [0.25, 0.3) is 11.1 Å². The van der Waals surface area contributed by atoms with Crippen LogP contribution in [0.15, 0.2) is 40.9 Å². The monoisotopic (exact) mass is 505 g/mol. The fourth-order valence-corrected chi connectivity index (χ4v) is 4.72. The number of benzene rings is 1. The van der Waals surface area contributed by atoms with Crippen molar-refractivity contribution >= 4 is 34.7 Å². The lowest BCUT2D eigenvalue weighted by Crippen LogP contribution is -2.52. The van der Waals surface area contributed by atoms with Crippen LogP contribution in [0, 0.1) is 0 Å². The number of ketones is 1. The molecule has 1 atom stereocenters. The molecule has 192 valence electrons. The van der Waals surface area contributed by atoms with Crippen LogP contribution in [0.5, 0.6) is 5.75 Å². The van der Waals surface area contributed by atoms with Crippen LogP contribution in [0.4, 0.5) is 4.79 Å². The largest absolute Gasteiger partial charge is 0.497 e. The summed E-state index contributed by atoms with van der Waals surface area (Å²) in [6, 6.07) is 7.67. The number of hydrogen-bond acceptors (Lipinski definition) is 8. The number of amides is 4. The summed E-state index contributed by atoms with van der Waals surface area (Å²) < 4.78 is 11.2. The molecule has 1 saturated heterocycles. The number of carbonyl (C=O) groups excluding carboxylic acids is 4. The highest BCUT2D eigenvalue weighted by molar-refractivity contribution is 6.08. The molecule has 0 radical (unpaired) electrons. The number of nitrogens with one attached hydrogen (secondary N) is 2. The Balaban J connectivity index is 1.44. The normalized spacial score (nSPS) is 18.9. The first-order valence-electron chi connectivity index (χ1n) is 11.9. The van der Waals surface area contributed by atoms with E-state index in [1.54, 1.807) is 30.3 Å². The van der Waals surface area contributed by atoms with Crippen molar-refractivity contribution in [3.8, 4) is 5.75 Å². The molecule has 11 nitrogen and oxygen atoms in total. The molecule has 2 aliphatic rings. The van der Waals surface area contributed by atoms with Crippen LogP contribution in [0.3, 0.4) is 0 Å². The maximum Gasteiger partial charge on any atom is 0.322 e. The second-order valence-corrected chi connectivity index (χ2v) is 9.55. The Morgan fingerprint density at radius 1 is 1.22 bits per heavy atom. The zero-order chi connectivity index (χ0) is 26.3. The molecule has 0 aliphatic carbocycles. The summed E-state index contributed by atoms with van der Waals surface area (Å²) in [4.78, 5) is 59.0. The third-order valence-corrected chi connectivity index (χ3v) is 6.69. The molecular weight excluding hydrogens is 478 g/mol. The van der Waals surface area contributed by atoms with E-state index in [1.807, 2.05) is 19.0 Å². The van der Waals surface area contributed by atoms with Crippen LogP contribution < -0.4 is 15.4 Å². The van der Waals surface area contributed by atoms with Crippen LogP contribution >= 0.6 is 0 Å². The van der Waals surface area contributed by atoms with E-state index in [-0.39, 0.29) is 30.5 Å². The minimum atomic E-state index is -1.66. The minimum absolute atomic E-state index is 0.0633. The Bertz CT molecular complexity index is 1430. The molecule has 5 rings (SSSR count). The van der Waals surface area contributed by atoms with E-state index in [2.05, 4.69) is 15.6 Å². The van der Waals surface area contributed by atoms with Gasteiger partial charge in [0.1, 0.15) is 17.0 Å². The number of urea groups is 1. The first kappa shape index (κ1) is 24.4. The molecule has 0 saturated carbocycles. The number of Topliss-reactive ketones (excluding diaryl/α,β-unsaturated/α-hetero) is 1. The van der Waals surface area contributed by atoms with Crippen LogP contribution in [-0.2, 0) is 16.9 Å². The zero-order valence-electron chi connectivity index (χ0n) is 20.8. The predicted octanol–water partition coefficient (Wildman–Crippen LogP) is 2.05. The highest BCUT2D eigenvalue weighted by atomic mass is 16.5. The highest BCUT2D eigenvalue weighted by Gasteiger charge is 2.53. The van der Waals surface area contributed by atoms with Gasteiger partial charge in [-0.3, -0.25) is 24.7 Å². The maximum absolute atomic E-state index is 13.2. The zero-order valence-corrected chi connectivity index (χ0v) is 20.8. The third-order valence-electron chi connectivity index (χ3n) is 6.69. The van der Waals surface area contributed by atoms with E-state index in [0.717, 1.165) is 12.1 Å². The molecule has 2 aliphatic heterocycles. The number of methoxy groups -OCH3 is 1. The smallest absolute Gasteiger partial charge is 0.322 e. The fraction of sp³-hybridized carbons (Fsp3) is 0.346. The van der Waals surface area contributed by atoms with Gasteiger partial charge in [-0.1, -0.05) is 6.07 Å². The SMILES string of the molecule is COc1ccc2c(c1)C(=O)N(C[C@@]1(c3cc4ncc(C(=O)CCCN(C)C)cc4o3)NC(=O)NC1=O)C2. The maximum atomic E-state index is 13.2. The summed E-state index contributed by atoms with van der Waals surface area (Å²) in [6.07, 6.45) is 2.55. The Labute approximate surface area is 212 Å². The van der Waals surface area contributed by atoms with E-state index in [4.69, 9.17) is 9.15 Å². The molecule has 37 heavy (non-hydrogen) atoms. The average Bonchev–Trinajstić information content (AvgIpc) is 3.52. The van der Waals surface area contributed by atoms with Gasteiger partial charge >= 0.3 is 6.03 Å². The van der Waals surface area contributed by atoms with Crippen molar-refractivity contribution in [2.75, 3.05) is 34.3 Å². The quantitative estimate of drug-likeness (QED) is 0.333. The molecule has 2 N–H and O–H groups in total. The number of imide groups is 1. The Morgan fingerprint density at radius 2 is 2.03 bits per heavy atom. The summed E-state index contributed by atoms with van der Waals surface area (Å²) in [5.74, 6) is -0.325. The van der Waals surface area contributed by atoms with E-state index in [9.17, 15) is 19.2 Å². The lowest BCUT2D eigenvalue weighted by atomic mass is 9.95. The van der Waals surface area contributed by atoms with Crippen molar-refractivity contribution in [1.82, 2.24) is 25.4 Å². The Kier molecular flexibility index (Phi) is 6.16. The van der Waals surface area contributed by atoms with Crippen molar-refractivity contribution < 1.29 is 28.3 Å². The van der Waals surface area contributed by atoms with Crippen molar-refractivity contribution in [3.63, 3.8) is 0 Å². The average molecular weight is 506 g/mol. The topological polar surface area (TPSA) is 134 Å². The molecule has 0 bridgehead atoms. The summed E-state index contributed by atoms with van der Waals surface area (Å²) in [7, 11) is 5.41. The second kappa shape index (κ2) is 9.32. The van der Waals surface area contributed by atoms with E-state index < -0.39 is 17.5 Å². The van der Waals surface area contributed by atoms with Gasteiger partial charge in [-0.2, -0.15) is 0 Å². The van der Waals surface area contributed by atoms with Crippen LogP contribution in [0.1, 0.15) is 44.9 Å². The summed E-state index contributed by atoms with van der Waals surface area (Å²) in [6.45, 7) is 0.888. The fourth-order valence-electron chi connectivity index (χ4n) is 4.72. The highest BCUT2D eigenvalue weighted by Crippen LogP contribution is 2.34. The third kappa shape index (κ3) is 4.42. The van der Waals surface area contributed by atoms with Crippen LogP contribution in [0.2, 0.25) is 0 Å². The minimum Gasteiger partial charge on any atom is -0.497 e. The summed E-state index contributed by atoms with van der Waals surface area (Å²) in [5.41, 5.74) is 0.740. The van der Waals surface area contributed by atoms with Gasteiger partial charge in [0.2, 0.25) is 0 Å². The van der Waals surface area contributed by atoms with Gasteiger partial charge in [0, 0.05) is 36.4 Å². The first-order chi connectivity index (χ1) is 17.7. The van der Waals surface area contributed by atoms with Crippen molar-refractivity contribution in [3.05, 3.63) is 59.0 Å². The molecule has 4 heterocycles. The number of carbonyl (C=O) groups is 4. The van der Waals surface area contributed by atoms with Crippen molar-refractivity contribution in [2.45, 2.75) is 24.9 Å². The van der Waals surface area contributed by atoms with Crippen molar-refractivity contribution in [1.29, 1.82) is 0 Å². The first-order valence-corrected chi connectivity index (χ1v) is 11.9. The van der Waals surface area contributed by atoms with E-state index >= 15 is 0 Å². The lowest BCUT2D eigenvalue weighted by Gasteiger charge is -2.28. The van der Waals surface area contributed by atoms with E-state index in [1.165, 1.54) is 18.2 Å². The van der Waals surface area contributed by atoms with Crippen molar-refractivity contribution in [2.24, 2.45) is 0 Å². The molecule has 1 fully saturated rings. The van der Waals surface area contributed by atoms with Gasteiger partial charge in [0.25, 0.3) is 11.8 Å². The number of hydrogen-bond donors (Lipinski definition) is 2. The van der Waals surface area contributed by atoms with Gasteiger partial charge < -0.3 is 24.3 Å². The number of nitrogens with zero attached hydrogens (tertiary/aromatic N) is 3. The number of aromatic nitrogens is 1. The molecule has 0 spiro atoms. The lowest BCUT2D eigenvalue weighted by molar-refractivity contribution is -0.125. The Morgan fingerprint density at radius 3 is 2.73 bits per heavy atom. The molecule has 3 aromatic rings. The van der Waals surface area contributed by atoms with Gasteiger partial charge in [-0.15, -0.1) is 0 Å². The summed E-state index contributed by atoms with van der Waals surface area (Å²) >= 11 is 0. The van der Waals surface area contributed by atoms with Gasteiger partial charge in [-0.05, 0) is 50.8 Å². The number of furan rings is 1. The molecule has 0 unspecified atom stereocenters. The number of fused-ring (bicyclic) bond motifs is 2. The van der Waals surface area contributed by atoms with Gasteiger partial charge in [-0.25, -0.2) is 4.79 Å². The number of pyridine rings is 1. The molecule has 1 aromatic carbocycles. The van der Waals surface area contributed by atoms with E-state index in [0.29, 0.717) is 40.8 Å². The second-order valence-electron chi connectivity index (χ2n) is 9.55.